The van der Waals surface area contributed by atoms with Gasteiger partial charge < -0.3 is 49.0 Å². The number of amides is 2. The Hall–Kier alpha value is -6.66. The van der Waals surface area contributed by atoms with Crippen molar-refractivity contribution in [3.63, 3.8) is 0 Å². The van der Waals surface area contributed by atoms with Gasteiger partial charge in [-0.05, 0) is 115 Å². The minimum atomic E-state index is -1.42. The molecule has 0 bridgehead atoms. The van der Waals surface area contributed by atoms with Crippen LogP contribution in [0.2, 0.25) is 0 Å². The number of esters is 5. The van der Waals surface area contributed by atoms with E-state index >= 15 is 0 Å². The number of carbonyl (C=O) groups is 8. The van der Waals surface area contributed by atoms with Gasteiger partial charge in [-0.2, -0.15) is 0 Å². The Kier molecular flexibility index (Phi) is 20.5. The summed E-state index contributed by atoms with van der Waals surface area (Å²) in [5.41, 5.74) is 0.478. The van der Waals surface area contributed by atoms with Crippen LogP contribution in [0.15, 0.2) is 54.6 Å². The van der Waals surface area contributed by atoms with Gasteiger partial charge in [-0.25, -0.2) is 4.79 Å². The van der Waals surface area contributed by atoms with Gasteiger partial charge in [0.1, 0.15) is 17.2 Å². The Morgan fingerprint density at radius 1 is 0.822 bits per heavy atom. The molecule has 1 atom stereocenters. The molecule has 2 fully saturated rings. The highest BCUT2D eigenvalue weighted by atomic mass is 16.6. The van der Waals surface area contributed by atoms with Gasteiger partial charge in [0.25, 0.3) is 5.91 Å². The Bertz CT molecular complexity index is 2500. The first kappa shape index (κ1) is 55.7. The van der Waals surface area contributed by atoms with Gasteiger partial charge in [-0.1, -0.05) is 46.2 Å². The second-order valence-corrected chi connectivity index (χ2v) is 19.2. The minimum absolute atomic E-state index is 0.0125. The van der Waals surface area contributed by atoms with Crippen LogP contribution in [0.3, 0.4) is 0 Å². The summed E-state index contributed by atoms with van der Waals surface area (Å²) in [4.78, 5) is 99.4. The second kappa shape index (κ2) is 26.9. The maximum Gasteiger partial charge on any atom is 0.340 e. The number of carbonyl (C=O) groups excluding carboxylic acids is 7. The number of nitrogens with one attached hydrogen (secondary N) is 1. The lowest BCUT2D eigenvalue weighted by Crippen LogP contribution is -2.44. The molecule has 4 aliphatic heterocycles. The molecule has 3 N–H and O–H groups in total. The third kappa shape index (κ3) is 15.9. The largest absolute Gasteiger partial charge is 0.481 e. The Labute approximate surface area is 430 Å². The third-order valence-electron chi connectivity index (χ3n) is 12.7. The molecule has 0 aromatic heterocycles. The average Bonchev–Trinajstić information content (AvgIpc) is 3.91. The smallest absolute Gasteiger partial charge is 0.340 e. The zero-order valence-electron chi connectivity index (χ0n) is 45.5. The van der Waals surface area contributed by atoms with E-state index in [4.69, 9.17) is 26.9 Å². The van der Waals surface area contributed by atoms with Crippen molar-refractivity contribution in [2.75, 3.05) is 53.0 Å². The Balaban J connectivity index is 0.000000612. The van der Waals surface area contributed by atoms with Crippen molar-refractivity contribution in [3.05, 3.63) is 88.0 Å². The van der Waals surface area contributed by atoms with E-state index in [1.807, 2.05) is 25.1 Å². The molecule has 3 aromatic rings. The van der Waals surface area contributed by atoms with Gasteiger partial charge >= 0.3 is 35.8 Å². The number of unbranched alkanes of at least 4 members (excludes halogenated alkanes) is 2. The van der Waals surface area contributed by atoms with Crippen molar-refractivity contribution in [1.29, 1.82) is 1.43 Å². The molecule has 18 heteroatoms. The zero-order chi connectivity index (χ0) is 55.5. The number of aliphatic hydroxyl groups excluding tert-OH is 1. The molecule has 0 saturated carbocycles. The number of cyclic esters (lactones) is 2. The van der Waals surface area contributed by atoms with E-state index < -0.39 is 52.2 Å². The fraction of sp³-hybridized carbons (Fsp3) is 0.527. The number of rotatable bonds is 16. The van der Waals surface area contributed by atoms with Crippen LogP contribution in [0.25, 0.3) is 0 Å². The van der Waals surface area contributed by atoms with Crippen molar-refractivity contribution in [2.24, 2.45) is 10.8 Å². The van der Waals surface area contributed by atoms with Crippen LogP contribution in [0.1, 0.15) is 157 Å². The van der Waals surface area contributed by atoms with Crippen LogP contribution in [-0.2, 0) is 48.6 Å². The van der Waals surface area contributed by atoms with Crippen LogP contribution in [-0.4, -0.2) is 122 Å². The molecule has 73 heavy (non-hydrogen) atoms. The molecular formula is C55H73N3O15. The highest BCUT2D eigenvalue weighted by molar-refractivity contribution is 6.00. The predicted molar refractivity (Wildman–Crippen MR) is 269 cm³/mol. The highest BCUT2D eigenvalue weighted by Crippen LogP contribution is 2.57. The van der Waals surface area contributed by atoms with Gasteiger partial charge in [0.15, 0.2) is 5.60 Å². The summed E-state index contributed by atoms with van der Waals surface area (Å²) in [6.45, 7) is 18.7. The second-order valence-electron chi connectivity index (χ2n) is 19.2. The number of benzene rings is 3. The van der Waals surface area contributed by atoms with Gasteiger partial charge in [0, 0.05) is 68.3 Å². The molecule has 4 heterocycles. The van der Waals surface area contributed by atoms with Crippen molar-refractivity contribution >= 4 is 47.6 Å². The molecule has 0 radical (unpaired) electrons. The van der Waals surface area contributed by atoms with E-state index in [1.165, 1.54) is 26.7 Å². The number of aliphatic carboxylic acids is 1. The van der Waals surface area contributed by atoms with E-state index in [-0.39, 0.29) is 56.8 Å². The molecule has 1 unspecified atom stereocenters. The highest BCUT2D eigenvalue weighted by Gasteiger charge is 2.54. The fourth-order valence-electron chi connectivity index (χ4n) is 8.31. The summed E-state index contributed by atoms with van der Waals surface area (Å²) in [6, 6.07) is 15.4. The lowest BCUT2D eigenvalue weighted by atomic mass is 9.77. The summed E-state index contributed by atoms with van der Waals surface area (Å²) < 4.78 is 41.4. The zero-order valence-corrected chi connectivity index (χ0v) is 43.5. The van der Waals surface area contributed by atoms with E-state index in [2.05, 4.69) is 40.8 Å². The molecule has 7 rings (SSSR count). The number of nitrogens with zero attached hydrogens (tertiary/aromatic N) is 2. The number of likely N-dealkylation sites (tertiary alicyclic amines) is 1. The average molecular weight is 1020 g/mol. The van der Waals surface area contributed by atoms with Crippen molar-refractivity contribution in [3.8, 4) is 17.2 Å². The van der Waals surface area contributed by atoms with Crippen LogP contribution in [0.5, 0.6) is 17.2 Å². The number of carboxylic acids is 1. The number of hydrogen-bond donors (Lipinski definition) is 3. The molecule has 18 nitrogen and oxygen atoms in total. The van der Waals surface area contributed by atoms with Gasteiger partial charge in [-0.3, -0.25) is 33.6 Å². The standard InChI is InChI=1S/C44H50N2O11.C6H15N.C4H4O3.CH4O/c1-27-10-14-31-34(23-27)56-35-25-29(55-41(53)42(2,3)4)12-15-32(35)44(31)33-24-28(11-13-30(33)40(52)57-44)39(51)45-20-8-6-7-9-36(47)46-21-18-43(5,19-22-46)26-54-38(50)17-16-37(48)49;1-4-7(5-2)6-3;5-3-1-2-4(6)7-3;1-2/h10-15,23-25H,6-9,16-22,26H2,1-5H3,(H,45,51)(H,48,49);4-6H2,1-3H3;1-2H2;2H,1H3/i5T;;;2T. The van der Waals surface area contributed by atoms with E-state index in [1.54, 1.807) is 62.1 Å². The molecule has 398 valence electrons. The van der Waals surface area contributed by atoms with E-state index in [0.29, 0.717) is 97.5 Å². The van der Waals surface area contributed by atoms with Gasteiger partial charge in [0.05, 0.1) is 43.3 Å². The molecule has 2 saturated heterocycles. The first-order chi connectivity index (χ1) is 35.6. The predicted octanol–water partition coefficient (Wildman–Crippen LogP) is 7.65. The topological polar surface area (TPSA) is 242 Å². The Morgan fingerprint density at radius 2 is 1.45 bits per heavy atom. The molecule has 0 aliphatic carbocycles. The lowest BCUT2D eigenvalue weighted by molar-refractivity contribution is -0.152. The fourth-order valence-corrected chi connectivity index (χ4v) is 8.31. The molecular weight excluding hydrogens is 943 g/mol. The summed E-state index contributed by atoms with van der Waals surface area (Å²) in [6.07, 6.45) is 3.38. The van der Waals surface area contributed by atoms with E-state index in [9.17, 15) is 38.4 Å². The van der Waals surface area contributed by atoms with Crippen molar-refractivity contribution in [1.82, 2.24) is 15.1 Å². The summed E-state index contributed by atoms with van der Waals surface area (Å²) >= 11 is 0. The number of carboxylic acid groups (broad SMARTS) is 1. The number of fused-ring (bicyclic) bond motifs is 6. The molecule has 3 aromatic carbocycles. The van der Waals surface area contributed by atoms with Crippen LogP contribution >= 0.6 is 0 Å². The lowest BCUT2D eigenvalue weighted by Gasteiger charge is -2.39. The Morgan fingerprint density at radius 3 is 2.01 bits per heavy atom. The van der Waals surface area contributed by atoms with Crippen LogP contribution < -0.4 is 14.8 Å². The van der Waals surface area contributed by atoms with Crippen molar-refractivity contribution < 1.29 is 73.6 Å². The maximum absolute atomic E-state index is 13.5. The third-order valence-corrected chi connectivity index (χ3v) is 12.7. The maximum atomic E-state index is 13.5. The van der Waals surface area contributed by atoms with Gasteiger partial charge in [-0.15, -0.1) is 0 Å². The van der Waals surface area contributed by atoms with Crippen molar-refractivity contribution in [2.45, 2.75) is 125 Å². The molecule has 2 amide bonds. The van der Waals surface area contributed by atoms with Crippen LogP contribution in [0, 0.1) is 17.8 Å². The quantitative estimate of drug-likeness (QED) is 0.0410. The normalized spacial score (nSPS) is 17.2. The minimum Gasteiger partial charge on any atom is -0.481 e. The molecule has 1 spiro atoms. The summed E-state index contributed by atoms with van der Waals surface area (Å²) in [5.74, 6) is -2.66. The number of ether oxygens (including phenoxy) is 5. The first-order valence-electron chi connectivity index (χ1n) is 25.9. The number of aryl methyl sites for hydroxylation is 1. The monoisotopic (exact) mass is 1020 g/mol. The summed E-state index contributed by atoms with van der Waals surface area (Å²) in [7, 11) is 1.29. The van der Waals surface area contributed by atoms with Crippen LogP contribution in [0.4, 0.5) is 0 Å². The number of piperidine rings is 1. The number of aliphatic hydroxyl groups is 1. The van der Waals surface area contributed by atoms with E-state index in [0.717, 1.165) is 5.56 Å². The number of hydrogen-bond acceptors (Lipinski definition) is 15. The van der Waals surface area contributed by atoms with Gasteiger partial charge in [0.2, 0.25) is 7.34 Å². The molecule has 4 aliphatic rings. The SMILES string of the molecule is CCN(CC)CC.O=C1CCC(=O)O1.[3H]CC1(COC(=O)CCC(=O)O)CCN(C(=O)CCCCCNC(=O)c2ccc3c(c2)C2(OC3=O)c3ccc(C)cc3Oc3cc(OC(=O)C(C)(C)C)ccc32)CC1.[3H]OC. The first-order valence-corrected chi connectivity index (χ1v) is 24.8. The summed E-state index contributed by atoms with van der Waals surface area (Å²) in [5, 5.41) is 15.2.